The summed E-state index contributed by atoms with van der Waals surface area (Å²) in [7, 11) is 0. The van der Waals surface area contributed by atoms with Crippen LogP contribution < -0.4 is 5.56 Å². The van der Waals surface area contributed by atoms with E-state index in [2.05, 4.69) is 13.8 Å². The van der Waals surface area contributed by atoms with Crippen LogP contribution in [0, 0.1) is 5.92 Å². The zero-order valence-corrected chi connectivity index (χ0v) is 12.8. The first-order chi connectivity index (χ1) is 9.97. The highest BCUT2D eigenvalue weighted by molar-refractivity contribution is 5.12. The van der Waals surface area contributed by atoms with Gasteiger partial charge < -0.3 is 4.57 Å². The van der Waals surface area contributed by atoms with Crippen molar-refractivity contribution in [1.29, 1.82) is 0 Å². The van der Waals surface area contributed by atoms with Crippen molar-refractivity contribution in [3.05, 3.63) is 34.2 Å². The number of piperidine rings is 1. The number of hydrogen-bond acceptors (Lipinski definition) is 2. The number of aromatic nitrogens is 1. The van der Waals surface area contributed by atoms with Gasteiger partial charge in [0.1, 0.15) is 0 Å². The summed E-state index contributed by atoms with van der Waals surface area (Å²) in [6.45, 7) is 5.31. The fourth-order valence-corrected chi connectivity index (χ4v) is 3.01. The summed E-state index contributed by atoms with van der Waals surface area (Å²) < 4.78 is 26.6. The van der Waals surface area contributed by atoms with Crippen molar-refractivity contribution in [2.24, 2.45) is 5.92 Å². The monoisotopic (exact) mass is 298 g/mol. The van der Waals surface area contributed by atoms with Crippen LogP contribution in [0.3, 0.4) is 0 Å². The fraction of sp³-hybridized carbons (Fsp3) is 0.688. The number of alkyl halides is 2. The van der Waals surface area contributed by atoms with Gasteiger partial charge in [0, 0.05) is 30.9 Å². The van der Waals surface area contributed by atoms with Crippen molar-refractivity contribution < 1.29 is 8.78 Å². The molecule has 0 bridgehead atoms. The Kier molecular flexibility index (Phi) is 5.51. The minimum Gasteiger partial charge on any atom is -0.312 e. The Balaban J connectivity index is 2.05. The van der Waals surface area contributed by atoms with E-state index < -0.39 is 6.43 Å². The number of halogens is 2. The van der Waals surface area contributed by atoms with Crippen LogP contribution in [0.25, 0.3) is 0 Å². The lowest BCUT2D eigenvalue weighted by Gasteiger charge is -2.32. The molecule has 118 valence electrons. The minimum absolute atomic E-state index is 0.0820. The molecule has 2 heterocycles. The number of nitrogens with zero attached hydrogens (tertiary/aromatic N) is 2. The van der Waals surface area contributed by atoms with E-state index in [9.17, 15) is 13.6 Å². The van der Waals surface area contributed by atoms with Gasteiger partial charge in [0.15, 0.2) is 0 Å². The number of pyridine rings is 1. The minimum atomic E-state index is -2.28. The smallest absolute Gasteiger partial charge is 0.253 e. The highest BCUT2D eigenvalue weighted by atomic mass is 19.3. The lowest BCUT2D eigenvalue weighted by Crippen LogP contribution is -2.40. The first kappa shape index (κ1) is 16.1. The van der Waals surface area contributed by atoms with Crippen LogP contribution in [0.5, 0.6) is 0 Å². The van der Waals surface area contributed by atoms with E-state index in [1.54, 1.807) is 9.47 Å². The van der Waals surface area contributed by atoms with E-state index in [0.717, 1.165) is 24.8 Å². The maximum Gasteiger partial charge on any atom is 0.253 e. The molecule has 1 aromatic heterocycles. The fourth-order valence-electron chi connectivity index (χ4n) is 3.01. The van der Waals surface area contributed by atoms with Crippen molar-refractivity contribution in [3.63, 3.8) is 0 Å². The van der Waals surface area contributed by atoms with Gasteiger partial charge in [-0.15, -0.1) is 0 Å². The average Bonchev–Trinajstić information content (AvgIpc) is 2.41. The van der Waals surface area contributed by atoms with Crippen LogP contribution in [0.2, 0.25) is 0 Å². The van der Waals surface area contributed by atoms with Gasteiger partial charge in [-0.1, -0.05) is 19.9 Å². The van der Waals surface area contributed by atoms with Crippen molar-refractivity contribution in [2.75, 3.05) is 19.6 Å². The topological polar surface area (TPSA) is 25.2 Å². The summed E-state index contributed by atoms with van der Waals surface area (Å²) in [4.78, 5) is 14.3. The summed E-state index contributed by atoms with van der Waals surface area (Å²) in [6.07, 6.45) is 1.86. The molecule has 0 spiro atoms. The maximum absolute atomic E-state index is 12.5. The van der Waals surface area contributed by atoms with E-state index in [1.807, 2.05) is 18.3 Å². The van der Waals surface area contributed by atoms with Gasteiger partial charge in [-0.05, 0) is 31.2 Å². The molecule has 0 unspecified atom stereocenters. The molecular formula is C16H24F2N2O. The summed E-state index contributed by atoms with van der Waals surface area (Å²) >= 11 is 0. The van der Waals surface area contributed by atoms with Crippen molar-refractivity contribution in [3.8, 4) is 0 Å². The lowest BCUT2D eigenvalue weighted by atomic mass is 10.0. The molecule has 0 saturated carbocycles. The standard InChI is InChI=1S/C16H24F2N2O/c1-12(2)10-13-4-3-7-20(16(13)21)14-5-8-19(9-6-14)11-15(17)18/h3-4,7,12,14-15H,5-6,8-11H2,1-2H3. The van der Waals surface area contributed by atoms with Crippen molar-refractivity contribution in [2.45, 2.75) is 45.6 Å². The van der Waals surface area contributed by atoms with Crippen LogP contribution >= 0.6 is 0 Å². The maximum atomic E-state index is 12.5. The Morgan fingerprint density at radius 2 is 1.95 bits per heavy atom. The van der Waals surface area contributed by atoms with Gasteiger partial charge >= 0.3 is 0 Å². The predicted molar refractivity (Wildman–Crippen MR) is 80.0 cm³/mol. The molecule has 21 heavy (non-hydrogen) atoms. The zero-order valence-electron chi connectivity index (χ0n) is 12.8. The molecule has 0 atom stereocenters. The average molecular weight is 298 g/mol. The second-order valence-corrected chi connectivity index (χ2v) is 6.27. The van der Waals surface area contributed by atoms with Gasteiger partial charge in [-0.25, -0.2) is 8.78 Å². The van der Waals surface area contributed by atoms with Gasteiger partial charge in [-0.2, -0.15) is 0 Å². The molecule has 0 amide bonds. The van der Waals surface area contributed by atoms with E-state index >= 15 is 0 Å². The summed E-state index contributed by atoms with van der Waals surface area (Å²) in [5.41, 5.74) is 0.931. The lowest BCUT2D eigenvalue weighted by molar-refractivity contribution is 0.0698. The summed E-state index contributed by atoms with van der Waals surface area (Å²) in [6, 6.07) is 3.95. The molecule has 3 nitrogen and oxygen atoms in total. The quantitative estimate of drug-likeness (QED) is 0.835. The molecule has 1 aliphatic heterocycles. The largest absolute Gasteiger partial charge is 0.312 e. The molecule has 1 saturated heterocycles. The van der Waals surface area contributed by atoms with E-state index in [4.69, 9.17) is 0 Å². The Morgan fingerprint density at radius 1 is 1.29 bits per heavy atom. The SMILES string of the molecule is CC(C)Cc1cccn(C2CCN(CC(F)F)CC2)c1=O. The molecule has 0 radical (unpaired) electrons. The Hall–Kier alpha value is -1.23. The molecular weight excluding hydrogens is 274 g/mol. The summed E-state index contributed by atoms with van der Waals surface area (Å²) in [5.74, 6) is 0.446. The second kappa shape index (κ2) is 7.16. The van der Waals surface area contributed by atoms with Crippen LogP contribution in [-0.2, 0) is 6.42 Å². The predicted octanol–water partition coefficient (Wildman–Crippen LogP) is 2.95. The second-order valence-electron chi connectivity index (χ2n) is 6.27. The van der Waals surface area contributed by atoms with E-state index in [0.29, 0.717) is 19.0 Å². The van der Waals surface area contributed by atoms with Gasteiger partial charge in [-0.3, -0.25) is 9.69 Å². The molecule has 2 rings (SSSR count). The first-order valence-electron chi connectivity index (χ1n) is 7.68. The molecule has 5 heteroatoms. The summed E-state index contributed by atoms with van der Waals surface area (Å²) in [5, 5.41) is 0. The van der Waals surface area contributed by atoms with Crippen LogP contribution in [0.1, 0.15) is 38.3 Å². The molecule has 1 aliphatic rings. The van der Waals surface area contributed by atoms with Crippen molar-refractivity contribution in [1.82, 2.24) is 9.47 Å². The Labute approximate surface area is 124 Å². The number of likely N-dealkylation sites (tertiary alicyclic amines) is 1. The molecule has 0 N–H and O–H groups in total. The number of rotatable bonds is 5. The van der Waals surface area contributed by atoms with Crippen molar-refractivity contribution >= 4 is 0 Å². The van der Waals surface area contributed by atoms with E-state index in [-0.39, 0.29) is 18.1 Å². The first-order valence-corrected chi connectivity index (χ1v) is 7.68. The normalized spacial score (nSPS) is 17.8. The molecule has 0 aromatic carbocycles. The van der Waals surface area contributed by atoms with Gasteiger partial charge in [0.2, 0.25) is 0 Å². The van der Waals surface area contributed by atoms with Crippen LogP contribution in [0.4, 0.5) is 8.78 Å². The van der Waals surface area contributed by atoms with E-state index in [1.165, 1.54) is 0 Å². The molecule has 0 aliphatic carbocycles. The zero-order chi connectivity index (χ0) is 15.4. The highest BCUT2D eigenvalue weighted by Gasteiger charge is 2.23. The Bertz CT molecular complexity index is 505. The number of hydrogen-bond donors (Lipinski definition) is 0. The third-order valence-electron chi connectivity index (χ3n) is 4.03. The van der Waals surface area contributed by atoms with Gasteiger partial charge in [0.05, 0.1) is 6.54 Å². The Morgan fingerprint density at radius 3 is 2.52 bits per heavy atom. The van der Waals surface area contributed by atoms with Crippen LogP contribution in [0.15, 0.2) is 23.1 Å². The van der Waals surface area contributed by atoms with Crippen LogP contribution in [-0.4, -0.2) is 35.5 Å². The third-order valence-corrected chi connectivity index (χ3v) is 4.03. The highest BCUT2D eigenvalue weighted by Crippen LogP contribution is 2.21. The molecule has 1 fully saturated rings. The molecule has 1 aromatic rings. The third kappa shape index (κ3) is 4.37. The van der Waals surface area contributed by atoms with Gasteiger partial charge in [0.25, 0.3) is 12.0 Å².